The molecular weight excluding hydrogens is 454 g/mol. The molecule has 37 heavy (non-hydrogen) atoms. The van der Waals surface area contributed by atoms with Crippen molar-refractivity contribution < 1.29 is 9.53 Å². The van der Waals surface area contributed by atoms with Gasteiger partial charge in [-0.1, -0.05) is 97.1 Å². The van der Waals surface area contributed by atoms with Gasteiger partial charge in [-0.2, -0.15) is 0 Å². The van der Waals surface area contributed by atoms with Crippen LogP contribution in [0.15, 0.2) is 97.1 Å². The Bertz CT molecular complexity index is 1230. The number of hydrogen-bond donors (Lipinski definition) is 0. The van der Waals surface area contributed by atoms with Crippen LogP contribution in [0.3, 0.4) is 0 Å². The Morgan fingerprint density at radius 3 is 1.32 bits per heavy atom. The van der Waals surface area contributed by atoms with E-state index in [1.165, 1.54) is 44.5 Å². The van der Waals surface area contributed by atoms with E-state index in [9.17, 15) is 4.79 Å². The number of ether oxygens (including phenoxy) is 1. The van der Waals surface area contributed by atoms with E-state index in [1.807, 2.05) is 6.92 Å². The summed E-state index contributed by atoms with van der Waals surface area (Å²) in [7, 11) is 0. The van der Waals surface area contributed by atoms with Gasteiger partial charge in [-0.05, 0) is 77.4 Å². The van der Waals surface area contributed by atoms with Crippen LogP contribution < -0.4 is 0 Å². The predicted molar refractivity (Wildman–Crippen MR) is 150 cm³/mol. The highest BCUT2D eigenvalue weighted by atomic mass is 16.5. The average Bonchev–Trinajstić information content (AvgIpc) is 3.43. The third kappa shape index (κ3) is 4.49. The minimum absolute atomic E-state index is 0.137. The minimum atomic E-state index is -0.137. The summed E-state index contributed by atoms with van der Waals surface area (Å²) in [5, 5.41) is 0. The molecule has 6 rings (SSSR count). The molecule has 0 fully saturated rings. The lowest BCUT2D eigenvalue weighted by molar-refractivity contribution is -0.144. The lowest BCUT2D eigenvalue weighted by Crippen LogP contribution is -2.34. The fraction of sp³-hybridized carbons (Fsp3) is 0.265. The van der Waals surface area contributed by atoms with Crippen LogP contribution in [0.5, 0.6) is 0 Å². The summed E-state index contributed by atoms with van der Waals surface area (Å²) >= 11 is 0. The Morgan fingerprint density at radius 2 is 0.973 bits per heavy atom. The number of nitrogens with zero attached hydrogens (tertiary/aromatic N) is 1. The second kappa shape index (κ2) is 10.4. The number of benzene rings is 4. The van der Waals surface area contributed by atoms with Crippen molar-refractivity contribution in [1.82, 2.24) is 4.90 Å². The van der Waals surface area contributed by atoms with Gasteiger partial charge >= 0.3 is 5.97 Å². The number of rotatable bonds is 9. The predicted octanol–water partition coefficient (Wildman–Crippen LogP) is 7.26. The molecule has 0 aliphatic heterocycles. The fourth-order valence-electron chi connectivity index (χ4n) is 6.42. The molecule has 0 atom stereocenters. The van der Waals surface area contributed by atoms with Crippen molar-refractivity contribution in [3.05, 3.63) is 119 Å². The highest BCUT2D eigenvalue weighted by molar-refractivity contribution is 5.79. The van der Waals surface area contributed by atoms with Crippen LogP contribution in [-0.2, 0) is 9.53 Å². The first-order valence-electron chi connectivity index (χ1n) is 13.5. The molecule has 2 aliphatic rings. The SMILES string of the molecule is CCOC(=O)CN(CCC1c2ccccc2-c2ccccc21)CCC1c2ccccc2-c2ccccc21. The summed E-state index contributed by atoms with van der Waals surface area (Å²) in [6, 6.07) is 35.1. The zero-order chi connectivity index (χ0) is 25.2. The van der Waals surface area contributed by atoms with Crippen molar-refractivity contribution in [1.29, 1.82) is 0 Å². The van der Waals surface area contributed by atoms with Crippen molar-refractivity contribution >= 4 is 5.97 Å². The molecule has 2 aliphatic carbocycles. The van der Waals surface area contributed by atoms with E-state index in [1.54, 1.807) is 0 Å². The Hall–Kier alpha value is -3.69. The third-order valence-electron chi connectivity index (χ3n) is 8.05. The maximum atomic E-state index is 12.6. The summed E-state index contributed by atoms with van der Waals surface area (Å²) in [6.07, 6.45) is 1.95. The average molecular weight is 488 g/mol. The Morgan fingerprint density at radius 1 is 0.622 bits per heavy atom. The number of carbonyl (C=O) groups excluding carboxylic acids is 1. The summed E-state index contributed by atoms with van der Waals surface area (Å²) in [5.41, 5.74) is 11.0. The monoisotopic (exact) mass is 487 g/mol. The van der Waals surface area contributed by atoms with E-state index in [2.05, 4.69) is 102 Å². The number of esters is 1. The first-order chi connectivity index (χ1) is 18.2. The van der Waals surface area contributed by atoms with Crippen molar-refractivity contribution in [2.45, 2.75) is 31.6 Å². The molecule has 0 radical (unpaired) electrons. The molecule has 3 heteroatoms. The van der Waals surface area contributed by atoms with Gasteiger partial charge in [0.1, 0.15) is 0 Å². The normalized spacial score (nSPS) is 13.8. The molecule has 4 aromatic rings. The maximum absolute atomic E-state index is 12.6. The molecular formula is C34H33NO2. The molecule has 0 spiro atoms. The summed E-state index contributed by atoms with van der Waals surface area (Å²) in [5.74, 6) is 0.567. The number of fused-ring (bicyclic) bond motifs is 6. The summed E-state index contributed by atoms with van der Waals surface area (Å²) in [4.78, 5) is 14.9. The van der Waals surface area contributed by atoms with E-state index in [0.29, 0.717) is 25.0 Å². The van der Waals surface area contributed by atoms with Crippen LogP contribution >= 0.6 is 0 Å². The van der Waals surface area contributed by atoms with E-state index < -0.39 is 0 Å². The lowest BCUT2D eigenvalue weighted by Gasteiger charge is -2.25. The van der Waals surface area contributed by atoms with Crippen LogP contribution in [0.2, 0.25) is 0 Å². The zero-order valence-corrected chi connectivity index (χ0v) is 21.4. The standard InChI is InChI=1S/C34H33NO2/c1-2-37-34(36)23-35(21-19-32-28-15-7-3-11-24(28)25-12-4-8-16-29(25)32)22-20-33-30-17-9-5-13-26(30)27-14-6-10-18-31(27)33/h3-18,32-33H,2,19-23H2,1H3. The van der Waals surface area contributed by atoms with E-state index >= 15 is 0 Å². The first kappa shape index (κ1) is 23.7. The fourth-order valence-corrected chi connectivity index (χ4v) is 6.42. The van der Waals surface area contributed by atoms with Crippen LogP contribution in [0.4, 0.5) is 0 Å². The van der Waals surface area contributed by atoms with Gasteiger partial charge in [0.05, 0.1) is 13.2 Å². The van der Waals surface area contributed by atoms with Crippen molar-refractivity contribution in [2.24, 2.45) is 0 Å². The van der Waals surface area contributed by atoms with Crippen molar-refractivity contribution in [3.63, 3.8) is 0 Å². The Kier molecular flexibility index (Phi) is 6.63. The maximum Gasteiger partial charge on any atom is 0.320 e. The highest BCUT2D eigenvalue weighted by Gasteiger charge is 2.30. The number of carbonyl (C=O) groups is 1. The molecule has 186 valence electrons. The molecule has 3 nitrogen and oxygen atoms in total. The summed E-state index contributed by atoms with van der Waals surface area (Å²) in [6.45, 7) is 4.32. The van der Waals surface area contributed by atoms with Gasteiger partial charge in [0.15, 0.2) is 0 Å². The quantitative estimate of drug-likeness (QED) is 0.233. The topological polar surface area (TPSA) is 29.5 Å². The largest absolute Gasteiger partial charge is 0.465 e. The highest BCUT2D eigenvalue weighted by Crippen LogP contribution is 2.47. The number of hydrogen-bond acceptors (Lipinski definition) is 3. The van der Waals surface area contributed by atoms with Gasteiger partial charge < -0.3 is 4.74 Å². The van der Waals surface area contributed by atoms with Crippen molar-refractivity contribution in [2.75, 3.05) is 26.2 Å². The third-order valence-corrected chi connectivity index (χ3v) is 8.05. The first-order valence-corrected chi connectivity index (χ1v) is 13.5. The van der Waals surface area contributed by atoms with Crippen LogP contribution in [0.25, 0.3) is 22.3 Å². The Balaban J connectivity index is 1.22. The van der Waals surface area contributed by atoms with Gasteiger partial charge in [0, 0.05) is 11.8 Å². The second-order valence-corrected chi connectivity index (χ2v) is 10.1. The smallest absolute Gasteiger partial charge is 0.320 e. The molecule has 0 unspecified atom stereocenters. The molecule has 4 aromatic carbocycles. The minimum Gasteiger partial charge on any atom is -0.465 e. The second-order valence-electron chi connectivity index (χ2n) is 10.1. The molecule has 0 heterocycles. The van der Waals surface area contributed by atoms with Gasteiger partial charge in [-0.25, -0.2) is 0 Å². The van der Waals surface area contributed by atoms with E-state index in [4.69, 9.17) is 4.74 Å². The molecule has 0 bridgehead atoms. The molecule has 0 saturated carbocycles. The Labute approximate surface area is 219 Å². The molecule has 0 amide bonds. The zero-order valence-electron chi connectivity index (χ0n) is 21.4. The van der Waals surface area contributed by atoms with E-state index in [-0.39, 0.29) is 5.97 Å². The summed E-state index contributed by atoms with van der Waals surface area (Å²) < 4.78 is 5.36. The van der Waals surface area contributed by atoms with Crippen molar-refractivity contribution in [3.8, 4) is 22.3 Å². The van der Waals surface area contributed by atoms with Crippen LogP contribution in [-0.4, -0.2) is 37.1 Å². The van der Waals surface area contributed by atoms with E-state index in [0.717, 1.165) is 25.9 Å². The van der Waals surface area contributed by atoms with Gasteiger partial charge in [-0.15, -0.1) is 0 Å². The van der Waals surface area contributed by atoms with Gasteiger partial charge in [-0.3, -0.25) is 9.69 Å². The van der Waals surface area contributed by atoms with Gasteiger partial charge in [0.2, 0.25) is 0 Å². The van der Waals surface area contributed by atoms with Crippen LogP contribution in [0, 0.1) is 0 Å². The van der Waals surface area contributed by atoms with Crippen LogP contribution in [0.1, 0.15) is 53.9 Å². The molecule has 0 aromatic heterocycles. The molecule has 0 saturated heterocycles. The lowest BCUT2D eigenvalue weighted by atomic mass is 9.92. The molecule has 0 N–H and O–H groups in total. The van der Waals surface area contributed by atoms with Gasteiger partial charge in [0.25, 0.3) is 0 Å².